The summed E-state index contributed by atoms with van der Waals surface area (Å²) in [6.45, 7) is 0.380. The number of aliphatic hydroxyl groups excluding tert-OH is 1. The van der Waals surface area contributed by atoms with Crippen LogP contribution in [-0.2, 0) is 11.2 Å². The molecule has 4 nitrogen and oxygen atoms in total. The first-order chi connectivity index (χ1) is 8.65. The number of rotatable bonds is 6. The Morgan fingerprint density at radius 2 is 2.06 bits per heavy atom. The normalized spacial score (nSPS) is 16.3. The van der Waals surface area contributed by atoms with Crippen molar-refractivity contribution in [3.8, 4) is 0 Å². The molecule has 1 saturated carbocycles. The van der Waals surface area contributed by atoms with Crippen molar-refractivity contribution in [3.05, 3.63) is 29.8 Å². The van der Waals surface area contributed by atoms with Crippen molar-refractivity contribution < 1.29 is 9.90 Å². The second-order valence-electron chi connectivity index (χ2n) is 4.95. The third kappa shape index (κ3) is 4.04. The molecule has 1 aromatic rings. The minimum Gasteiger partial charge on any atom is -0.399 e. The van der Waals surface area contributed by atoms with Crippen LogP contribution in [0.25, 0.3) is 0 Å². The summed E-state index contributed by atoms with van der Waals surface area (Å²) < 4.78 is 0. The fourth-order valence-electron chi connectivity index (χ4n) is 1.90. The molecule has 4 heteroatoms. The summed E-state index contributed by atoms with van der Waals surface area (Å²) in [6.07, 6.45) is 2.95. The highest BCUT2D eigenvalue weighted by Gasteiger charge is 2.29. The molecule has 1 atom stereocenters. The lowest BCUT2D eigenvalue weighted by atomic mass is 10.1. The fraction of sp³-hybridized carbons (Fsp3) is 0.500. The summed E-state index contributed by atoms with van der Waals surface area (Å²) in [4.78, 5) is 11.6. The number of nitrogen functional groups attached to an aromatic ring is 1. The average Bonchev–Trinajstić information content (AvgIpc) is 3.19. The number of carbonyl (C=O) groups excluding carboxylic acids is 1. The Morgan fingerprint density at radius 1 is 1.39 bits per heavy atom. The van der Waals surface area contributed by atoms with Crippen molar-refractivity contribution >= 4 is 11.6 Å². The second-order valence-corrected chi connectivity index (χ2v) is 4.95. The Morgan fingerprint density at radius 3 is 2.67 bits per heavy atom. The smallest absolute Gasteiger partial charge is 0.220 e. The molecule has 0 radical (unpaired) electrons. The first kappa shape index (κ1) is 12.9. The van der Waals surface area contributed by atoms with E-state index in [1.165, 1.54) is 0 Å². The van der Waals surface area contributed by atoms with Gasteiger partial charge in [-0.25, -0.2) is 0 Å². The van der Waals surface area contributed by atoms with E-state index in [2.05, 4.69) is 5.32 Å². The van der Waals surface area contributed by atoms with Crippen LogP contribution in [0.15, 0.2) is 24.3 Å². The van der Waals surface area contributed by atoms with Gasteiger partial charge in [-0.05, 0) is 42.9 Å². The van der Waals surface area contributed by atoms with Crippen LogP contribution in [0.2, 0.25) is 0 Å². The lowest BCUT2D eigenvalue weighted by Gasteiger charge is -2.10. The van der Waals surface area contributed by atoms with Crippen LogP contribution in [0.5, 0.6) is 0 Å². The molecular weight excluding hydrogens is 228 g/mol. The molecule has 1 amide bonds. The Labute approximate surface area is 107 Å². The predicted octanol–water partition coefficient (Wildman–Crippen LogP) is 1.09. The van der Waals surface area contributed by atoms with Gasteiger partial charge in [0.2, 0.25) is 5.91 Å². The molecule has 0 heterocycles. The van der Waals surface area contributed by atoms with Gasteiger partial charge in [-0.1, -0.05) is 12.1 Å². The number of anilines is 1. The molecule has 98 valence electrons. The summed E-state index contributed by atoms with van der Waals surface area (Å²) in [6, 6.07) is 7.54. The van der Waals surface area contributed by atoms with E-state index in [0.29, 0.717) is 25.3 Å². The van der Waals surface area contributed by atoms with E-state index in [-0.39, 0.29) is 12.0 Å². The number of aliphatic hydroxyl groups is 1. The lowest BCUT2D eigenvalue weighted by Crippen LogP contribution is -2.33. The Kier molecular flexibility index (Phi) is 4.20. The third-order valence-electron chi connectivity index (χ3n) is 3.29. The molecule has 2 rings (SSSR count). The molecule has 0 saturated heterocycles. The van der Waals surface area contributed by atoms with Gasteiger partial charge in [0.15, 0.2) is 0 Å². The van der Waals surface area contributed by atoms with Gasteiger partial charge >= 0.3 is 0 Å². The molecule has 1 fully saturated rings. The maximum absolute atomic E-state index is 11.6. The highest BCUT2D eigenvalue weighted by Crippen LogP contribution is 2.32. The number of benzene rings is 1. The zero-order chi connectivity index (χ0) is 13.0. The number of hydrogen-bond acceptors (Lipinski definition) is 3. The topological polar surface area (TPSA) is 75.4 Å². The highest BCUT2D eigenvalue weighted by molar-refractivity contribution is 5.76. The number of amides is 1. The molecular formula is C14H20N2O2. The fourth-order valence-corrected chi connectivity index (χ4v) is 1.90. The number of hydrogen-bond donors (Lipinski definition) is 3. The molecule has 1 aliphatic carbocycles. The minimum atomic E-state index is -0.370. The van der Waals surface area contributed by atoms with Crippen molar-refractivity contribution in [2.45, 2.75) is 31.8 Å². The predicted molar refractivity (Wildman–Crippen MR) is 70.9 cm³/mol. The van der Waals surface area contributed by atoms with Crippen molar-refractivity contribution in [1.29, 1.82) is 0 Å². The van der Waals surface area contributed by atoms with E-state index in [1.54, 1.807) is 0 Å². The molecule has 1 aromatic carbocycles. The van der Waals surface area contributed by atoms with Crippen LogP contribution in [-0.4, -0.2) is 23.7 Å². The van der Waals surface area contributed by atoms with Gasteiger partial charge in [-0.2, -0.15) is 0 Å². The van der Waals surface area contributed by atoms with Gasteiger partial charge in [-0.15, -0.1) is 0 Å². The van der Waals surface area contributed by atoms with Gasteiger partial charge < -0.3 is 16.2 Å². The number of nitrogens with two attached hydrogens (primary N) is 1. The molecule has 0 aliphatic heterocycles. The molecule has 0 spiro atoms. The van der Waals surface area contributed by atoms with Crippen LogP contribution >= 0.6 is 0 Å². The largest absolute Gasteiger partial charge is 0.399 e. The van der Waals surface area contributed by atoms with Crippen molar-refractivity contribution in [2.24, 2.45) is 5.92 Å². The molecule has 1 unspecified atom stereocenters. The van der Waals surface area contributed by atoms with Crippen molar-refractivity contribution in [2.75, 3.05) is 12.3 Å². The second kappa shape index (κ2) is 5.87. The van der Waals surface area contributed by atoms with Crippen molar-refractivity contribution in [1.82, 2.24) is 5.32 Å². The Hall–Kier alpha value is -1.55. The first-order valence-corrected chi connectivity index (χ1v) is 6.44. The molecule has 0 aromatic heterocycles. The Balaban J connectivity index is 1.66. The average molecular weight is 248 g/mol. The van der Waals surface area contributed by atoms with E-state index in [4.69, 9.17) is 5.73 Å². The third-order valence-corrected chi connectivity index (χ3v) is 3.29. The summed E-state index contributed by atoms with van der Waals surface area (Å²) in [7, 11) is 0. The van der Waals surface area contributed by atoms with Gasteiger partial charge in [0.25, 0.3) is 0 Å². The first-order valence-electron chi connectivity index (χ1n) is 6.44. The van der Waals surface area contributed by atoms with Crippen LogP contribution in [0, 0.1) is 5.92 Å². The van der Waals surface area contributed by atoms with Gasteiger partial charge in [0, 0.05) is 18.7 Å². The monoisotopic (exact) mass is 248 g/mol. The molecule has 1 aliphatic rings. The van der Waals surface area contributed by atoms with E-state index in [1.807, 2.05) is 24.3 Å². The van der Waals surface area contributed by atoms with E-state index >= 15 is 0 Å². The van der Waals surface area contributed by atoms with Gasteiger partial charge in [0.1, 0.15) is 0 Å². The molecule has 4 N–H and O–H groups in total. The minimum absolute atomic E-state index is 0.00785. The van der Waals surface area contributed by atoms with E-state index < -0.39 is 0 Å². The summed E-state index contributed by atoms with van der Waals surface area (Å²) in [5.74, 6) is 0.397. The van der Waals surface area contributed by atoms with Crippen LogP contribution in [0.4, 0.5) is 5.69 Å². The number of aryl methyl sites for hydroxylation is 1. The number of carbonyl (C=O) groups is 1. The van der Waals surface area contributed by atoms with E-state index in [9.17, 15) is 9.90 Å². The van der Waals surface area contributed by atoms with Crippen LogP contribution in [0.1, 0.15) is 24.8 Å². The maximum Gasteiger partial charge on any atom is 0.220 e. The SMILES string of the molecule is Nc1ccc(CCC(=O)NCC(O)C2CC2)cc1. The van der Waals surface area contributed by atoms with E-state index in [0.717, 1.165) is 24.1 Å². The summed E-state index contributed by atoms with van der Waals surface area (Å²) >= 11 is 0. The van der Waals surface area contributed by atoms with Gasteiger partial charge in [0.05, 0.1) is 6.10 Å². The summed E-state index contributed by atoms with van der Waals surface area (Å²) in [5.41, 5.74) is 7.42. The van der Waals surface area contributed by atoms with Gasteiger partial charge in [-0.3, -0.25) is 4.79 Å². The zero-order valence-electron chi connectivity index (χ0n) is 10.4. The molecule has 18 heavy (non-hydrogen) atoms. The lowest BCUT2D eigenvalue weighted by molar-refractivity contribution is -0.121. The standard InChI is InChI=1S/C14H20N2O2/c15-12-6-1-10(2-7-12)3-8-14(18)16-9-13(17)11-4-5-11/h1-2,6-7,11,13,17H,3-5,8-9,15H2,(H,16,18). The molecule has 0 bridgehead atoms. The highest BCUT2D eigenvalue weighted by atomic mass is 16.3. The van der Waals surface area contributed by atoms with Crippen LogP contribution in [0.3, 0.4) is 0 Å². The Bertz CT molecular complexity index is 399. The summed E-state index contributed by atoms with van der Waals surface area (Å²) in [5, 5.41) is 12.4. The maximum atomic E-state index is 11.6. The quantitative estimate of drug-likeness (QED) is 0.660. The van der Waals surface area contributed by atoms with Crippen LogP contribution < -0.4 is 11.1 Å². The zero-order valence-corrected chi connectivity index (χ0v) is 10.4. The number of nitrogens with one attached hydrogen (secondary N) is 1. The van der Waals surface area contributed by atoms with Crippen molar-refractivity contribution in [3.63, 3.8) is 0 Å².